The Balaban J connectivity index is 1.64. The van der Waals surface area contributed by atoms with Crippen molar-refractivity contribution < 1.29 is 4.79 Å². The molecule has 2 heterocycles. The summed E-state index contributed by atoms with van der Waals surface area (Å²) in [5.41, 5.74) is 2.35. The van der Waals surface area contributed by atoms with E-state index in [0.29, 0.717) is 17.4 Å². The van der Waals surface area contributed by atoms with Gasteiger partial charge in [0.1, 0.15) is 11.4 Å². The molecule has 1 N–H and O–H groups in total. The van der Waals surface area contributed by atoms with Gasteiger partial charge in [-0.05, 0) is 31.7 Å². The summed E-state index contributed by atoms with van der Waals surface area (Å²) < 4.78 is 1.91. The zero-order valence-corrected chi connectivity index (χ0v) is 16.2. The molecular weight excluding hydrogens is 338 g/mol. The van der Waals surface area contributed by atoms with Gasteiger partial charge in [0, 0.05) is 24.7 Å². The fraction of sp³-hybridized carbons (Fsp3) is 0.619. The van der Waals surface area contributed by atoms with E-state index in [1.807, 2.05) is 17.7 Å². The molecule has 0 radical (unpaired) electrons. The van der Waals surface area contributed by atoms with Crippen molar-refractivity contribution in [3.8, 4) is 11.5 Å². The van der Waals surface area contributed by atoms with Gasteiger partial charge < -0.3 is 9.88 Å². The first-order chi connectivity index (χ1) is 13.2. The van der Waals surface area contributed by atoms with E-state index >= 15 is 0 Å². The number of rotatable bonds is 4. The molecule has 0 atom stereocenters. The maximum absolute atomic E-state index is 12.9. The highest BCUT2D eigenvalue weighted by atomic mass is 16.1. The minimum Gasteiger partial charge on any atom is -0.348 e. The Morgan fingerprint density at radius 2 is 1.74 bits per heavy atom. The lowest BCUT2D eigenvalue weighted by molar-refractivity contribution is 0.0922. The summed E-state index contributed by atoms with van der Waals surface area (Å²) >= 11 is 0. The Morgan fingerprint density at radius 3 is 2.41 bits per heavy atom. The third kappa shape index (κ3) is 4.20. The summed E-state index contributed by atoms with van der Waals surface area (Å²) in [5, 5.41) is 3.20. The van der Waals surface area contributed by atoms with Crippen molar-refractivity contribution in [3.05, 3.63) is 30.0 Å². The SMILES string of the molecule is Cn1cncc1-c1nc(C(=O)NC2CCCCC2)cc(C2CCCCC2)n1. The number of carbonyl (C=O) groups is 1. The number of aryl methyl sites for hydroxylation is 1. The van der Waals surface area contributed by atoms with Gasteiger partial charge in [0.25, 0.3) is 5.91 Å². The number of aromatic nitrogens is 4. The lowest BCUT2D eigenvalue weighted by atomic mass is 9.86. The van der Waals surface area contributed by atoms with Crippen molar-refractivity contribution in [2.45, 2.75) is 76.2 Å². The second kappa shape index (κ2) is 8.19. The van der Waals surface area contributed by atoms with Crippen LogP contribution in [0.25, 0.3) is 11.5 Å². The van der Waals surface area contributed by atoms with E-state index in [1.54, 1.807) is 12.5 Å². The van der Waals surface area contributed by atoms with E-state index in [1.165, 1.54) is 38.5 Å². The zero-order chi connectivity index (χ0) is 18.6. The maximum atomic E-state index is 12.9. The van der Waals surface area contributed by atoms with E-state index in [9.17, 15) is 4.79 Å². The molecule has 0 aromatic carbocycles. The second-order valence-electron chi connectivity index (χ2n) is 8.03. The van der Waals surface area contributed by atoms with Crippen molar-refractivity contribution in [1.29, 1.82) is 0 Å². The van der Waals surface area contributed by atoms with E-state index in [4.69, 9.17) is 4.98 Å². The van der Waals surface area contributed by atoms with Gasteiger partial charge in [-0.2, -0.15) is 0 Å². The van der Waals surface area contributed by atoms with Crippen LogP contribution < -0.4 is 5.32 Å². The summed E-state index contributed by atoms with van der Waals surface area (Å²) in [6, 6.07) is 2.20. The molecule has 2 aromatic heterocycles. The van der Waals surface area contributed by atoms with Gasteiger partial charge in [-0.25, -0.2) is 15.0 Å². The van der Waals surface area contributed by atoms with Crippen LogP contribution in [0.1, 0.15) is 86.3 Å². The summed E-state index contributed by atoms with van der Waals surface area (Å²) in [7, 11) is 1.93. The third-order valence-corrected chi connectivity index (χ3v) is 5.99. The minimum absolute atomic E-state index is 0.0650. The van der Waals surface area contributed by atoms with Gasteiger partial charge in [-0.15, -0.1) is 0 Å². The van der Waals surface area contributed by atoms with Gasteiger partial charge in [-0.1, -0.05) is 38.5 Å². The van der Waals surface area contributed by atoms with Gasteiger partial charge in [0.05, 0.1) is 12.5 Å². The van der Waals surface area contributed by atoms with E-state index < -0.39 is 0 Å². The fourth-order valence-electron chi connectivity index (χ4n) is 4.38. The topological polar surface area (TPSA) is 72.7 Å². The molecule has 27 heavy (non-hydrogen) atoms. The normalized spacial score (nSPS) is 19.1. The van der Waals surface area contributed by atoms with Crippen molar-refractivity contribution in [3.63, 3.8) is 0 Å². The molecule has 0 aliphatic heterocycles. The number of hydrogen-bond acceptors (Lipinski definition) is 4. The standard InChI is InChI=1S/C21H29N5O/c1-26-14-22-13-19(26)20-24-17(15-8-4-2-5-9-15)12-18(25-20)21(27)23-16-10-6-3-7-11-16/h12-16H,2-11H2,1H3,(H,23,27). The number of amides is 1. The van der Waals surface area contributed by atoms with Crippen LogP contribution in [0, 0.1) is 0 Å². The van der Waals surface area contributed by atoms with Crippen LogP contribution in [-0.2, 0) is 7.05 Å². The van der Waals surface area contributed by atoms with Crippen molar-refractivity contribution in [2.75, 3.05) is 0 Å². The lowest BCUT2D eigenvalue weighted by Gasteiger charge is -2.24. The van der Waals surface area contributed by atoms with Gasteiger partial charge in [0.2, 0.25) is 0 Å². The second-order valence-corrected chi connectivity index (χ2v) is 8.03. The van der Waals surface area contributed by atoms with Crippen LogP contribution >= 0.6 is 0 Å². The number of hydrogen-bond donors (Lipinski definition) is 1. The van der Waals surface area contributed by atoms with Crippen LogP contribution in [0.5, 0.6) is 0 Å². The average Bonchev–Trinajstić information content (AvgIpc) is 3.15. The number of nitrogens with one attached hydrogen (secondary N) is 1. The number of imidazole rings is 1. The summed E-state index contributed by atoms with van der Waals surface area (Å²) in [6.45, 7) is 0. The van der Waals surface area contributed by atoms with Gasteiger partial charge in [0.15, 0.2) is 5.82 Å². The average molecular weight is 367 g/mol. The Kier molecular flexibility index (Phi) is 5.50. The van der Waals surface area contributed by atoms with Gasteiger partial charge in [-0.3, -0.25) is 4.79 Å². The molecule has 144 valence electrons. The molecule has 0 unspecified atom stereocenters. The zero-order valence-electron chi connectivity index (χ0n) is 16.2. The molecule has 0 bridgehead atoms. The highest BCUT2D eigenvalue weighted by Gasteiger charge is 2.23. The first-order valence-electron chi connectivity index (χ1n) is 10.4. The smallest absolute Gasteiger partial charge is 0.270 e. The molecule has 6 nitrogen and oxygen atoms in total. The fourth-order valence-corrected chi connectivity index (χ4v) is 4.38. The van der Waals surface area contributed by atoms with E-state index in [0.717, 1.165) is 37.1 Å². The molecule has 4 rings (SSSR count). The van der Waals surface area contributed by atoms with Crippen LogP contribution in [0.3, 0.4) is 0 Å². The Labute approximate surface area is 160 Å². The van der Waals surface area contributed by atoms with Crippen molar-refractivity contribution >= 4 is 5.91 Å². The predicted octanol–water partition coefficient (Wildman–Crippen LogP) is 3.99. The van der Waals surface area contributed by atoms with E-state index in [2.05, 4.69) is 15.3 Å². The third-order valence-electron chi connectivity index (χ3n) is 5.99. The Hall–Kier alpha value is -2.24. The van der Waals surface area contributed by atoms with Crippen LogP contribution in [0.2, 0.25) is 0 Å². The molecule has 2 aliphatic rings. The lowest BCUT2D eigenvalue weighted by Crippen LogP contribution is -2.36. The molecule has 6 heteroatoms. The molecule has 2 aliphatic carbocycles. The van der Waals surface area contributed by atoms with Crippen LogP contribution in [0.15, 0.2) is 18.6 Å². The molecule has 0 spiro atoms. The highest BCUT2D eigenvalue weighted by Crippen LogP contribution is 2.32. The van der Waals surface area contributed by atoms with E-state index in [-0.39, 0.29) is 11.9 Å². The Morgan fingerprint density at radius 1 is 1.04 bits per heavy atom. The van der Waals surface area contributed by atoms with Crippen LogP contribution in [0.4, 0.5) is 0 Å². The summed E-state index contributed by atoms with van der Waals surface area (Å²) in [5.74, 6) is 0.964. The predicted molar refractivity (Wildman–Crippen MR) is 104 cm³/mol. The quantitative estimate of drug-likeness (QED) is 0.887. The molecule has 2 fully saturated rings. The van der Waals surface area contributed by atoms with Gasteiger partial charge >= 0.3 is 0 Å². The minimum atomic E-state index is -0.0650. The molecule has 2 saturated carbocycles. The monoisotopic (exact) mass is 367 g/mol. The maximum Gasteiger partial charge on any atom is 0.270 e. The Bertz CT molecular complexity index is 788. The largest absolute Gasteiger partial charge is 0.348 e. The first kappa shape index (κ1) is 18.1. The number of carbonyl (C=O) groups excluding carboxylic acids is 1. The molecule has 1 amide bonds. The summed E-state index contributed by atoms with van der Waals surface area (Å²) in [4.78, 5) is 26.6. The summed E-state index contributed by atoms with van der Waals surface area (Å²) in [6.07, 6.45) is 15.4. The molecule has 0 saturated heterocycles. The highest BCUT2D eigenvalue weighted by molar-refractivity contribution is 5.93. The van der Waals surface area contributed by atoms with Crippen molar-refractivity contribution in [1.82, 2.24) is 24.8 Å². The number of nitrogens with zero attached hydrogens (tertiary/aromatic N) is 4. The first-order valence-corrected chi connectivity index (χ1v) is 10.4. The van der Waals surface area contributed by atoms with Crippen molar-refractivity contribution in [2.24, 2.45) is 7.05 Å². The molecular formula is C21H29N5O. The van der Waals surface area contributed by atoms with Crippen LogP contribution in [-0.4, -0.2) is 31.5 Å². The molecule has 2 aromatic rings.